The minimum Gasteiger partial charge on any atom is -0.468 e. The van der Waals surface area contributed by atoms with Crippen molar-refractivity contribution in [2.24, 2.45) is 16.5 Å². The molecule has 1 fully saturated rings. The van der Waals surface area contributed by atoms with Gasteiger partial charge in [0, 0.05) is 17.1 Å². The molecule has 1 saturated carbocycles. The van der Waals surface area contributed by atoms with E-state index in [-0.39, 0.29) is 12.3 Å². The van der Waals surface area contributed by atoms with E-state index in [2.05, 4.69) is 4.99 Å². The number of hydrogen-bond acceptors (Lipinski definition) is 6. The van der Waals surface area contributed by atoms with Crippen molar-refractivity contribution in [2.45, 2.75) is 55.9 Å². The zero-order valence-electron chi connectivity index (χ0n) is 14.0. The highest BCUT2D eigenvalue weighted by atomic mass is 35.5. The van der Waals surface area contributed by atoms with E-state index in [4.69, 9.17) is 27.8 Å². The Morgan fingerprint density at radius 2 is 2.16 bits per heavy atom. The Bertz CT molecular complexity index is 681. The Labute approximate surface area is 152 Å². The van der Waals surface area contributed by atoms with Crippen molar-refractivity contribution in [1.82, 2.24) is 0 Å². The molecule has 1 aliphatic heterocycles. The number of aliphatic imine (C=N–C) groups is 1. The lowest BCUT2D eigenvalue weighted by atomic mass is 9.73. The number of fused-ring (bicyclic) bond motifs is 2. The standard InChI is InChI=1S/C18H24ClN3O3/c19-13-5-2-1-4-12(13)18-9-3-6-15(16(18)24)25-17(22-18)14(21)8-7-11(23)10-20/h1-2,4-5,11,14-15,23H,3,6-10,20-21H2/t11?,14?,15-,18-/m1/s1. The van der Waals surface area contributed by atoms with Gasteiger partial charge in [0.25, 0.3) is 0 Å². The highest BCUT2D eigenvalue weighted by Crippen LogP contribution is 2.44. The number of benzene rings is 1. The van der Waals surface area contributed by atoms with E-state index in [1.807, 2.05) is 18.2 Å². The average Bonchev–Trinajstić information content (AvgIpc) is 2.60. The van der Waals surface area contributed by atoms with Crippen LogP contribution in [-0.2, 0) is 15.1 Å². The number of aliphatic hydroxyl groups is 1. The predicted octanol–water partition coefficient (Wildman–Crippen LogP) is 1.51. The quantitative estimate of drug-likeness (QED) is 0.707. The first-order valence-corrected chi connectivity index (χ1v) is 9.05. The molecule has 2 aliphatic rings. The summed E-state index contributed by atoms with van der Waals surface area (Å²) in [6.45, 7) is 0.185. The number of aliphatic hydroxyl groups excluding tert-OH is 1. The lowest BCUT2D eigenvalue weighted by Gasteiger charge is -2.42. The average molecular weight is 366 g/mol. The summed E-state index contributed by atoms with van der Waals surface area (Å²) >= 11 is 6.37. The van der Waals surface area contributed by atoms with E-state index >= 15 is 0 Å². The largest absolute Gasteiger partial charge is 0.468 e. The van der Waals surface area contributed by atoms with Crippen molar-refractivity contribution in [3.63, 3.8) is 0 Å². The highest BCUT2D eigenvalue weighted by Gasteiger charge is 2.52. The molecule has 1 aliphatic carbocycles. The molecule has 1 heterocycles. The topological polar surface area (TPSA) is 111 Å². The van der Waals surface area contributed by atoms with Crippen LogP contribution < -0.4 is 11.5 Å². The van der Waals surface area contributed by atoms with Crippen LogP contribution in [0.1, 0.15) is 37.7 Å². The van der Waals surface area contributed by atoms with E-state index in [0.29, 0.717) is 42.2 Å². The molecule has 2 bridgehead atoms. The van der Waals surface area contributed by atoms with Crippen LogP contribution in [0.4, 0.5) is 0 Å². The zero-order valence-corrected chi connectivity index (χ0v) is 14.8. The fraction of sp³-hybridized carbons (Fsp3) is 0.556. The molecule has 136 valence electrons. The molecule has 2 unspecified atom stereocenters. The Balaban J connectivity index is 1.94. The predicted molar refractivity (Wildman–Crippen MR) is 96.6 cm³/mol. The molecule has 0 spiro atoms. The van der Waals surface area contributed by atoms with Gasteiger partial charge in [0.2, 0.25) is 11.7 Å². The Morgan fingerprint density at radius 1 is 1.40 bits per heavy atom. The lowest BCUT2D eigenvalue weighted by Crippen LogP contribution is -2.54. The van der Waals surface area contributed by atoms with Crippen molar-refractivity contribution >= 4 is 23.3 Å². The van der Waals surface area contributed by atoms with E-state index in [1.165, 1.54) is 0 Å². The molecule has 0 radical (unpaired) electrons. The van der Waals surface area contributed by atoms with Crippen LogP contribution in [0.5, 0.6) is 0 Å². The molecule has 0 saturated heterocycles. The Kier molecular flexibility index (Phi) is 5.43. The minimum absolute atomic E-state index is 0.0511. The van der Waals surface area contributed by atoms with Gasteiger partial charge in [-0.1, -0.05) is 29.8 Å². The summed E-state index contributed by atoms with van der Waals surface area (Å²) < 4.78 is 5.80. The number of ketones is 1. The first-order valence-electron chi connectivity index (χ1n) is 8.67. The van der Waals surface area contributed by atoms with Crippen LogP contribution in [0.3, 0.4) is 0 Å². The van der Waals surface area contributed by atoms with Gasteiger partial charge < -0.3 is 21.3 Å². The van der Waals surface area contributed by atoms with Gasteiger partial charge in [-0.25, -0.2) is 4.99 Å². The number of hydrogen-bond donors (Lipinski definition) is 3. The molecular formula is C18H24ClN3O3. The van der Waals surface area contributed by atoms with Crippen LogP contribution in [0.15, 0.2) is 29.3 Å². The van der Waals surface area contributed by atoms with Crippen LogP contribution >= 0.6 is 11.6 Å². The number of halogens is 1. The van der Waals surface area contributed by atoms with Gasteiger partial charge >= 0.3 is 0 Å². The molecule has 25 heavy (non-hydrogen) atoms. The van der Waals surface area contributed by atoms with Gasteiger partial charge in [-0.3, -0.25) is 4.79 Å². The second-order valence-corrected chi connectivity index (χ2v) is 7.13. The third kappa shape index (κ3) is 3.44. The van der Waals surface area contributed by atoms with E-state index in [9.17, 15) is 9.90 Å². The second kappa shape index (κ2) is 7.41. The van der Waals surface area contributed by atoms with E-state index < -0.39 is 23.8 Å². The summed E-state index contributed by atoms with van der Waals surface area (Å²) in [5.41, 5.74) is 11.3. The fourth-order valence-corrected chi connectivity index (χ4v) is 3.85. The van der Waals surface area contributed by atoms with Gasteiger partial charge in [-0.2, -0.15) is 0 Å². The molecule has 0 aromatic heterocycles. The Morgan fingerprint density at radius 3 is 2.88 bits per heavy atom. The maximum Gasteiger partial charge on any atom is 0.205 e. The Hall–Kier alpha value is -1.47. The molecule has 1 aromatic rings. The maximum absolute atomic E-state index is 13.0. The maximum atomic E-state index is 13.0. The number of nitrogens with two attached hydrogens (primary N) is 2. The zero-order chi connectivity index (χ0) is 18.0. The number of carbonyl (C=O) groups is 1. The van der Waals surface area contributed by atoms with Crippen LogP contribution in [0, 0.1) is 0 Å². The van der Waals surface area contributed by atoms with Gasteiger partial charge in [0.05, 0.1) is 12.1 Å². The highest BCUT2D eigenvalue weighted by molar-refractivity contribution is 6.32. The number of nitrogens with zero attached hydrogens (tertiary/aromatic N) is 1. The van der Waals surface area contributed by atoms with Gasteiger partial charge in [0.15, 0.2) is 11.6 Å². The van der Waals surface area contributed by atoms with Crippen LogP contribution in [0.25, 0.3) is 0 Å². The molecular weight excluding hydrogens is 342 g/mol. The fourth-order valence-electron chi connectivity index (χ4n) is 3.56. The molecule has 3 rings (SSSR count). The number of carbonyl (C=O) groups excluding carboxylic acids is 1. The van der Waals surface area contributed by atoms with Crippen molar-refractivity contribution in [3.8, 4) is 0 Å². The van der Waals surface area contributed by atoms with Crippen LogP contribution in [-0.4, -0.2) is 41.6 Å². The SMILES string of the molecule is NCC(O)CCC(N)C1=N[C@@]2(c3ccccc3Cl)CCC[C@@H](O1)C2=O. The summed E-state index contributed by atoms with van der Waals surface area (Å²) in [5, 5.41) is 10.2. The molecule has 1 aromatic carbocycles. The monoisotopic (exact) mass is 365 g/mol. The molecule has 6 nitrogen and oxygen atoms in total. The smallest absolute Gasteiger partial charge is 0.205 e. The molecule has 5 N–H and O–H groups in total. The van der Waals surface area contributed by atoms with Crippen molar-refractivity contribution in [2.75, 3.05) is 6.54 Å². The first kappa shape index (κ1) is 18.3. The third-order valence-corrected chi connectivity index (χ3v) is 5.32. The van der Waals surface area contributed by atoms with Crippen molar-refractivity contribution in [1.29, 1.82) is 0 Å². The summed E-state index contributed by atoms with van der Waals surface area (Å²) in [7, 11) is 0. The van der Waals surface area contributed by atoms with Crippen LogP contribution in [0.2, 0.25) is 5.02 Å². The lowest BCUT2D eigenvalue weighted by molar-refractivity contribution is -0.137. The number of rotatable bonds is 6. The normalized spacial score (nSPS) is 28.1. The van der Waals surface area contributed by atoms with E-state index in [0.717, 1.165) is 6.42 Å². The first-order chi connectivity index (χ1) is 12.0. The summed E-state index contributed by atoms with van der Waals surface area (Å²) in [6, 6.07) is 6.81. The summed E-state index contributed by atoms with van der Waals surface area (Å²) in [6.07, 6.45) is 1.88. The minimum atomic E-state index is -1.01. The molecule has 7 heteroatoms. The van der Waals surface area contributed by atoms with Crippen molar-refractivity contribution in [3.05, 3.63) is 34.9 Å². The summed E-state index contributed by atoms with van der Waals surface area (Å²) in [4.78, 5) is 17.6. The molecule has 4 atom stereocenters. The van der Waals surface area contributed by atoms with Gasteiger partial charge in [0.1, 0.15) is 0 Å². The summed E-state index contributed by atoms with van der Waals surface area (Å²) in [5.74, 6) is 0.318. The van der Waals surface area contributed by atoms with Gasteiger partial charge in [-0.15, -0.1) is 0 Å². The van der Waals surface area contributed by atoms with Crippen molar-refractivity contribution < 1.29 is 14.6 Å². The van der Waals surface area contributed by atoms with E-state index in [1.54, 1.807) is 6.07 Å². The molecule has 0 amide bonds. The van der Waals surface area contributed by atoms with Gasteiger partial charge in [-0.05, 0) is 38.2 Å². The second-order valence-electron chi connectivity index (χ2n) is 6.73. The third-order valence-electron chi connectivity index (χ3n) is 4.99. The number of ether oxygens (including phenoxy) is 1. The number of Topliss-reactive ketones (excluding diaryl/α,β-unsaturated/α-hetero) is 1.